The summed E-state index contributed by atoms with van der Waals surface area (Å²) in [5.41, 5.74) is 2.22. The molecule has 1 atom stereocenters. The number of carboxylic acids is 1. The Labute approximate surface area is 268 Å². The van der Waals surface area contributed by atoms with Crippen LogP contribution in [0.15, 0.2) is 89.8 Å². The van der Waals surface area contributed by atoms with E-state index in [2.05, 4.69) is 16.0 Å². The maximum Gasteiger partial charge on any atom is 0.341 e. The number of hydrogen-bond donors (Lipinski definition) is 4. The second-order valence-electron chi connectivity index (χ2n) is 9.67. The molecule has 45 heavy (non-hydrogen) atoms. The van der Waals surface area contributed by atoms with Crippen LogP contribution >= 0.6 is 23.1 Å². The van der Waals surface area contributed by atoms with Gasteiger partial charge in [0.1, 0.15) is 10.3 Å². The molecule has 0 aliphatic rings. The fraction of sp³-hybridized carbons (Fsp3) is 0.182. The Balaban J connectivity index is 1.62. The van der Waals surface area contributed by atoms with E-state index in [1.807, 2.05) is 12.1 Å². The first kappa shape index (κ1) is 33.0. The number of benzene rings is 3. The minimum absolute atomic E-state index is 0.108. The Bertz CT molecular complexity index is 1690. The van der Waals surface area contributed by atoms with Gasteiger partial charge in [-0.1, -0.05) is 54.6 Å². The smallest absolute Gasteiger partial charge is 0.341 e. The standard InChI is InChI=1S/C33H31N3O7S2/c1-3-43-33(42)27-20(2)28(30(40)35-22-13-8-5-9-14-22)45-32(27)36-31(41)29(21-11-6-4-7-12-21)44-24-16-10-15-23(19-24)34-25(37)17-18-26(38)39/h4-16,19,29H,3,17-18H2,1-2H3,(H,34,37)(H,35,40)(H,36,41)(H,38,39). The van der Waals surface area contributed by atoms with Crippen LogP contribution in [0.25, 0.3) is 0 Å². The number of para-hydroxylation sites is 1. The molecule has 0 spiro atoms. The third-order valence-electron chi connectivity index (χ3n) is 6.38. The second-order valence-corrected chi connectivity index (χ2v) is 11.9. The van der Waals surface area contributed by atoms with Crippen LogP contribution in [0.1, 0.15) is 56.2 Å². The van der Waals surface area contributed by atoms with Crippen molar-refractivity contribution < 1.29 is 33.8 Å². The molecule has 0 saturated carbocycles. The number of amides is 3. The van der Waals surface area contributed by atoms with Crippen LogP contribution in [0.3, 0.4) is 0 Å². The lowest BCUT2D eigenvalue weighted by atomic mass is 10.1. The summed E-state index contributed by atoms with van der Waals surface area (Å²) in [6.07, 6.45) is -0.460. The molecule has 1 aromatic heterocycles. The highest BCUT2D eigenvalue weighted by Crippen LogP contribution is 2.40. The van der Waals surface area contributed by atoms with Gasteiger partial charge in [0, 0.05) is 22.7 Å². The SMILES string of the molecule is CCOC(=O)c1c(NC(=O)C(Sc2cccc(NC(=O)CCC(=O)O)c2)c2ccccc2)sc(C(=O)Nc2ccccc2)c1C. The largest absolute Gasteiger partial charge is 0.481 e. The number of thiophene rings is 1. The minimum atomic E-state index is -1.07. The summed E-state index contributed by atoms with van der Waals surface area (Å²) in [5, 5.41) is 16.6. The lowest BCUT2D eigenvalue weighted by Gasteiger charge is -2.18. The van der Waals surface area contributed by atoms with Crippen molar-refractivity contribution >= 4 is 69.1 Å². The van der Waals surface area contributed by atoms with Crippen molar-refractivity contribution in [1.29, 1.82) is 0 Å². The number of carboxylic acid groups (broad SMARTS) is 1. The van der Waals surface area contributed by atoms with Gasteiger partial charge in [0.05, 0.1) is 23.5 Å². The van der Waals surface area contributed by atoms with E-state index in [0.29, 0.717) is 27.4 Å². The third kappa shape index (κ3) is 9.03. The molecule has 4 rings (SSSR count). The molecule has 0 aliphatic carbocycles. The number of ether oxygens (including phenoxy) is 1. The van der Waals surface area contributed by atoms with E-state index in [4.69, 9.17) is 9.84 Å². The number of carbonyl (C=O) groups is 5. The molecule has 3 aromatic carbocycles. The molecule has 0 bridgehead atoms. The first-order valence-electron chi connectivity index (χ1n) is 14.0. The number of hydrogen-bond acceptors (Lipinski definition) is 8. The van der Waals surface area contributed by atoms with Gasteiger partial charge in [-0.2, -0.15) is 0 Å². The van der Waals surface area contributed by atoms with Gasteiger partial charge in [0.2, 0.25) is 11.8 Å². The van der Waals surface area contributed by atoms with E-state index in [9.17, 15) is 24.0 Å². The molecular formula is C33H31N3O7S2. The van der Waals surface area contributed by atoms with Gasteiger partial charge < -0.3 is 25.8 Å². The van der Waals surface area contributed by atoms with Crippen molar-refractivity contribution in [3.63, 3.8) is 0 Å². The number of aliphatic carboxylic acids is 1. The zero-order chi connectivity index (χ0) is 32.3. The van der Waals surface area contributed by atoms with Crippen molar-refractivity contribution in [2.75, 3.05) is 22.6 Å². The van der Waals surface area contributed by atoms with Gasteiger partial charge >= 0.3 is 11.9 Å². The monoisotopic (exact) mass is 645 g/mol. The van der Waals surface area contributed by atoms with Crippen LogP contribution in [0.4, 0.5) is 16.4 Å². The lowest BCUT2D eigenvalue weighted by Crippen LogP contribution is -2.20. The van der Waals surface area contributed by atoms with Gasteiger partial charge in [-0.05, 0) is 55.3 Å². The summed E-state index contributed by atoms with van der Waals surface area (Å²) in [6.45, 7) is 3.42. The van der Waals surface area contributed by atoms with Crippen LogP contribution < -0.4 is 16.0 Å². The Morgan fingerprint density at radius 3 is 2.18 bits per heavy atom. The summed E-state index contributed by atoms with van der Waals surface area (Å²) < 4.78 is 5.27. The fourth-order valence-electron chi connectivity index (χ4n) is 4.28. The highest BCUT2D eigenvalue weighted by molar-refractivity contribution is 8.00. The predicted molar refractivity (Wildman–Crippen MR) is 175 cm³/mol. The van der Waals surface area contributed by atoms with E-state index >= 15 is 0 Å². The van der Waals surface area contributed by atoms with E-state index in [0.717, 1.165) is 11.3 Å². The normalized spacial score (nSPS) is 11.2. The topological polar surface area (TPSA) is 151 Å². The van der Waals surface area contributed by atoms with Crippen molar-refractivity contribution in [2.24, 2.45) is 0 Å². The van der Waals surface area contributed by atoms with Gasteiger partial charge in [-0.3, -0.25) is 19.2 Å². The van der Waals surface area contributed by atoms with E-state index < -0.39 is 34.9 Å². The van der Waals surface area contributed by atoms with Crippen molar-refractivity contribution in [3.05, 3.63) is 106 Å². The minimum Gasteiger partial charge on any atom is -0.481 e. The Kier molecular flexibility index (Phi) is 11.5. The van der Waals surface area contributed by atoms with Crippen LogP contribution in [0, 0.1) is 6.92 Å². The molecule has 0 radical (unpaired) electrons. The summed E-state index contributed by atoms with van der Waals surface area (Å²) >= 11 is 2.21. The maximum atomic E-state index is 13.9. The zero-order valence-electron chi connectivity index (χ0n) is 24.5. The number of nitrogens with one attached hydrogen (secondary N) is 3. The summed E-state index contributed by atoms with van der Waals surface area (Å²) in [4.78, 5) is 64.1. The van der Waals surface area contributed by atoms with Crippen molar-refractivity contribution in [3.8, 4) is 0 Å². The fourth-order valence-corrected chi connectivity index (χ4v) is 6.46. The average molecular weight is 646 g/mol. The molecule has 4 aromatic rings. The quantitative estimate of drug-likeness (QED) is 0.0920. The molecule has 4 N–H and O–H groups in total. The maximum absolute atomic E-state index is 13.9. The van der Waals surface area contributed by atoms with E-state index in [-0.39, 0.29) is 34.9 Å². The summed E-state index contributed by atoms with van der Waals surface area (Å²) in [5.74, 6) is -3.03. The Hall–Kier alpha value is -4.94. The number of carbonyl (C=O) groups excluding carboxylic acids is 4. The highest BCUT2D eigenvalue weighted by Gasteiger charge is 2.29. The average Bonchev–Trinajstić information content (AvgIpc) is 3.35. The molecule has 0 saturated heterocycles. The molecule has 10 nitrogen and oxygen atoms in total. The van der Waals surface area contributed by atoms with Crippen LogP contribution in [0.5, 0.6) is 0 Å². The molecule has 0 aliphatic heterocycles. The van der Waals surface area contributed by atoms with Gasteiger partial charge in [-0.25, -0.2) is 4.79 Å². The number of thioether (sulfide) groups is 1. The van der Waals surface area contributed by atoms with Gasteiger partial charge in [0.15, 0.2) is 0 Å². The first-order chi connectivity index (χ1) is 21.7. The van der Waals surface area contributed by atoms with Gasteiger partial charge in [0.25, 0.3) is 5.91 Å². The summed E-state index contributed by atoms with van der Waals surface area (Å²) in [7, 11) is 0. The van der Waals surface area contributed by atoms with Crippen LogP contribution in [-0.2, 0) is 19.1 Å². The number of anilines is 3. The first-order valence-corrected chi connectivity index (χ1v) is 15.7. The van der Waals surface area contributed by atoms with E-state index in [1.165, 1.54) is 11.8 Å². The van der Waals surface area contributed by atoms with Crippen molar-refractivity contribution in [2.45, 2.75) is 36.8 Å². The lowest BCUT2D eigenvalue weighted by molar-refractivity contribution is -0.138. The Morgan fingerprint density at radius 1 is 0.844 bits per heavy atom. The molecule has 1 unspecified atom stereocenters. The second kappa shape index (κ2) is 15.7. The third-order valence-corrected chi connectivity index (χ3v) is 8.83. The van der Waals surface area contributed by atoms with Crippen molar-refractivity contribution in [1.82, 2.24) is 0 Å². The summed E-state index contributed by atoms with van der Waals surface area (Å²) in [6, 6.07) is 24.8. The zero-order valence-corrected chi connectivity index (χ0v) is 26.1. The Morgan fingerprint density at radius 2 is 1.51 bits per heavy atom. The predicted octanol–water partition coefficient (Wildman–Crippen LogP) is 6.76. The molecule has 12 heteroatoms. The van der Waals surface area contributed by atoms with Crippen LogP contribution in [0.2, 0.25) is 0 Å². The number of esters is 1. The molecule has 0 fully saturated rings. The van der Waals surface area contributed by atoms with E-state index in [1.54, 1.807) is 86.6 Å². The molecule has 3 amide bonds. The molecule has 232 valence electrons. The van der Waals surface area contributed by atoms with Gasteiger partial charge in [-0.15, -0.1) is 23.1 Å². The van der Waals surface area contributed by atoms with Crippen LogP contribution in [-0.4, -0.2) is 41.4 Å². The number of rotatable bonds is 13. The molecule has 1 heterocycles. The molecular weight excluding hydrogens is 615 g/mol. The highest BCUT2D eigenvalue weighted by atomic mass is 32.2.